The Balaban J connectivity index is 3.25. The summed E-state index contributed by atoms with van der Waals surface area (Å²) in [6.07, 6.45) is 0. The number of rotatable bonds is 5. The summed E-state index contributed by atoms with van der Waals surface area (Å²) in [7, 11) is -3.93. The van der Waals surface area contributed by atoms with E-state index in [1.807, 2.05) is 0 Å². The van der Waals surface area contributed by atoms with Crippen LogP contribution in [-0.4, -0.2) is 36.5 Å². The quantitative estimate of drug-likeness (QED) is 0.680. The van der Waals surface area contributed by atoms with Gasteiger partial charge in [0.05, 0.1) is 17.1 Å². The minimum Gasteiger partial charge on any atom is -0.478 e. The number of aliphatic hydroxyl groups excluding tert-OH is 1. The number of hydrogen-bond donors (Lipinski definition) is 3. The molecule has 1 aromatic rings. The molecule has 1 unspecified atom stereocenters. The van der Waals surface area contributed by atoms with E-state index in [1.165, 1.54) is 12.1 Å². The van der Waals surface area contributed by atoms with Crippen molar-refractivity contribution in [3.8, 4) is 0 Å². The van der Waals surface area contributed by atoms with Crippen LogP contribution in [0.5, 0.6) is 0 Å². The third-order valence-electron chi connectivity index (χ3n) is 2.10. The highest BCUT2D eigenvalue weighted by molar-refractivity contribution is 8.00. The number of hydrogen-bond acceptors (Lipinski definition) is 5. The van der Waals surface area contributed by atoms with Crippen molar-refractivity contribution in [1.29, 1.82) is 0 Å². The molecule has 0 heterocycles. The van der Waals surface area contributed by atoms with Gasteiger partial charge in [-0.1, -0.05) is 6.92 Å². The standard InChI is InChI=1S/C10H13NO5S2/c1-6(5-12)17-9-3-2-7(18(11,15)16)4-8(9)10(13)14/h2-4,6,12H,5H2,1H3,(H,13,14)(H2,11,15,16). The zero-order chi connectivity index (χ0) is 13.9. The first-order chi connectivity index (χ1) is 8.25. The molecule has 1 rings (SSSR count). The molecule has 8 heteroatoms. The van der Waals surface area contributed by atoms with E-state index in [0.717, 1.165) is 17.8 Å². The number of carboxylic acids is 1. The van der Waals surface area contributed by atoms with Crippen LogP contribution in [0.25, 0.3) is 0 Å². The van der Waals surface area contributed by atoms with Gasteiger partial charge in [0.2, 0.25) is 10.0 Å². The molecule has 0 radical (unpaired) electrons. The summed E-state index contributed by atoms with van der Waals surface area (Å²) >= 11 is 1.15. The molecule has 4 N–H and O–H groups in total. The van der Waals surface area contributed by atoms with Crippen molar-refractivity contribution >= 4 is 27.8 Å². The van der Waals surface area contributed by atoms with Crippen molar-refractivity contribution in [2.24, 2.45) is 5.14 Å². The third kappa shape index (κ3) is 3.70. The van der Waals surface area contributed by atoms with Gasteiger partial charge >= 0.3 is 5.97 Å². The van der Waals surface area contributed by atoms with E-state index < -0.39 is 16.0 Å². The highest BCUT2D eigenvalue weighted by atomic mass is 32.2. The van der Waals surface area contributed by atoms with Crippen LogP contribution in [-0.2, 0) is 10.0 Å². The van der Waals surface area contributed by atoms with Gasteiger partial charge in [-0.15, -0.1) is 11.8 Å². The molecule has 1 atom stereocenters. The Morgan fingerprint density at radius 3 is 2.56 bits per heavy atom. The Labute approximate surface area is 109 Å². The van der Waals surface area contributed by atoms with E-state index in [1.54, 1.807) is 6.92 Å². The molecule has 0 aliphatic carbocycles. The van der Waals surface area contributed by atoms with Crippen LogP contribution in [0.1, 0.15) is 17.3 Å². The molecule has 0 saturated heterocycles. The summed E-state index contributed by atoms with van der Waals surface area (Å²) in [6.45, 7) is 1.62. The fraction of sp³-hybridized carbons (Fsp3) is 0.300. The predicted molar refractivity (Wildman–Crippen MR) is 67.2 cm³/mol. The molecule has 0 aliphatic rings. The van der Waals surface area contributed by atoms with Crippen LogP contribution in [0, 0.1) is 0 Å². The molecule has 0 spiro atoms. The first-order valence-electron chi connectivity index (χ1n) is 4.93. The highest BCUT2D eigenvalue weighted by Gasteiger charge is 2.17. The summed E-state index contributed by atoms with van der Waals surface area (Å²) in [5, 5.41) is 22.7. The van der Waals surface area contributed by atoms with Gasteiger partial charge in [-0.05, 0) is 18.2 Å². The zero-order valence-electron chi connectivity index (χ0n) is 9.53. The number of benzene rings is 1. The Kier molecular flexibility index (Phi) is 4.74. The number of aromatic carboxylic acids is 1. The Bertz CT molecular complexity index is 555. The molecule has 0 saturated carbocycles. The number of aliphatic hydroxyl groups is 1. The monoisotopic (exact) mass is 291 g/mol. The van der Waals surface area contributed by atoms with Gasteiger partial charge < -0.3 is 10.2 Å². The van der Waals surface area contributed by atoms with Gasteiger partial charge in [0.25, 0.3) is 0 Å². The van der Waals surface area contributed by atoms with Gasteiger partial charge in [0.15, 0.2) is 0 Å². The van der Waals surface area contributed by atoms with Gasteiger partial charge in [-0.25, -0.2) is 18.4 Å². The minimum absolute atomic E-state index is 0.110. The second kappa shape index (κ2) is 5.70. The molecule has 18 heavy (non-hydrogen) atoms. The topological polar surface area (TPSA) is 118 Å². The molecular formula is C10H13NO5S2. The molecule has 1 aromatic carbocycles. The maximum absolute atomic E-state index is 11.1. The lowest BCUT2D eigenvalue weighted by Crippen LogP contribution is -2.14. The number of sulfonamides is 1. The van der Waals surface area contributed by atoms with Crippen LogP contribution in [0.2, 0.25) is 0 Å². The van der Waals surface area contributed by atoms with Gasteiger partial charge in [-0.3, -0.25) is 0 Å². The molecule has 0 aromatic heterocycles. The second-order valence-electron chi connectivity index (χ2n) is 3.62. The van der Waals surface area contributed by atoms with Crippen LogP contribution >= 0.6 is 11.8 Å². The lowest BCUT2D eigenvalue weighted by atomic mass is 10.2. The largest absolute Gasteiger partial charge is 0.478 e. The first-order valence-corrected chi connectivity index (χ1v) is 7.36. The van der Waals surface area contributed by atoms with Crippen LogP contribution in [0.3, 0.4) is 0 Å². The predicted octanol–water partition coefficient (Wildman–Crippen LogP) is 0.505. The smallest absolute Gasteiger partial charge is 0.336 e. The molecule has 0 fully saturated rings. The van der Waals surface area contributed by atoms with Gasteiger partial charge in [-0.2, -0.15) is 0 Å². The first kappa shape index (κ1) is 15.0. The van der Waals surface area contributed by atoms with Crippen molar-refractivity contribution in [2.45, 2.75) is 22.0 Å². The number of thioether (sulfide) groups is 1. The normalized spacial score (nSPS) is 13.3. The lowest BCUT2D eigenvalue weighted by Gasteiger charge is -2.11. The average Bonchev–Trinajstić information content (AvgIpc) is 2.27. The summed E-state index contributed by atoms with van der Waals surface area (Å²) in [4.78, 5) is 11.2. The summed E-state index contributed by atoms with van der Waals surface area (Å²) in [6, 6.07) is 3.64. The minimum atomic E-state index is -3.93. The fourth-order valence-electron chi connectivity index (χ4n) is 1.21. The summed E-state index contributed by atoms with van der Waals surface area (Å²) in [5.41, 5.74) is -0.146. The molecule has 0 amide bonds. The average molecular weight is 291 g/mol. The van der Waals surface area contributed by atoms with E-state index in [4.69, 9.17) is 15.4 Å². The number of primary sulfonamides is 1. The number of carboxylic acid groups (broad SMARTS) is 1. The number of nitrogens with two attached hydrogens (primary N) is 1. The molecule has 0 bridgehead atoms. The van der Waals surface area contributed by atoms with Crippen molar-refractivity contribution in [2.75, 3.05) is 6.61 Å². The van der Waals surface area contributed by atoms with Crippen LogP contribution < -0.4 is 5.14 Å². The van der Waals surface area contributed by atoms with Crippen LogP contribution in [0.4, 0.5) is 0 Å². The van der Waals surface area contributed by atoms with Gasteiger partial charge in [0.1, 0.15) is 0 Å². The van der Waals surface area contributed by atoms with E-state index >= 15 is 0 Å². The lowest BCUT2D eigenvalue weighted by molar-refractivity contribution is 0.0693. The molecule has 0 aliphatic heterocycles. The second-order valence-corrected chi connectivity index (χ2v) is 6.66. The van der Waals surface area contributed by atoms with Crippen molar-refractivity contribution in [3.05, 3.63) is 23.8 Å². The SMILES string of the molecule is CC(CO)Sc1ccc(S(N)(=O)=O)cc1C(=O)O. The fourth-order valence-corrected chi connectivity index (χ4v) is 2.68. The van der Waals surface area contributed by atoms with Crippen LogP contribution in [0.15, 0.2) is 28.0 Å². The summed E-state index contributed by atoms with van der Waals surface area (Å²) in [5.74, 6) is -1.24. The summed E-state index contributed by atoms with van der Waals surface area (Å²) < 4.78 is 22.3. The third-order valence-corrected chi connectivity index (χ3v) is 4.17. The van der Waals surface area contributed by atoms with E-state index in [2.05, 4.69) is 0 Å². The van der Waals surface area contributed by atoms with E-state index in [-0.39, 0.29) is 22.3 Å². The molecule has 100 valence electrons. The Hall–Kier alpha value is -1.09. The highest BCUT2D eigenvalue weighted by Crippen LogP contribution is 2.28. The van der Waals surface area contributed by atoms with E-state index in [0.29, 0.717) is 4.90 Å². The van der Waals surface area contributed by atoms with E-state index in [9.17, 15) is 13.2 Å². The Morgan fingerprint density at radius 1 is 1.50 bits per heavy atom. The Morgan fingerprint density at radius 2 is 2.11 bits per heavy atom. The molecule has 6 nitrogen and oxygen atoms in total. The van der Waals surface area contributed by atoms with Crippen molar-refractivity contribution in [3.63, 3.8) is 0 Å². The van der Waals surface area contributed by atoms with Crippen molar-refractivity contribution < 1.29 is 23.4 Å². The number of carbonyl (C=O) groups is 1. The maximum atomic E-state index is 11.1. The van der Waals surface area contributed by atoms with Gasteiger partial charge in [0, 0.05) is 10.1 Å². The zero-order valence-corrected chi connectivity index (χ0v) is 11.2. The maximum Gasteiger partial charge on any atom is 0.336 e. The molecular weight excluding hydrogens is 278 g/mol. The van der Waals surface area contributed by atoms with Crippen molar-refractivity contribution in [1.82, 2.24) is 0 Å².